The Hall–Kier alpha value is -1.99. The average Bonchev–Trinajstić information content (AvgIpc) is 2.87. The zero-order valence-electron chi connectivity index (χ0n) is 16.2. The Morgan fingerprint density at radius 3 is 2.67 bits per heavy atom. The Balaban J connectivity index is 2.58. The highest BCUT2D eigenvalue weighted by molar-refractivity contribution is 5.98. The van der Waals surface area contributed by atoms with Crippen LogP contribution in [-0.2, 0) is 23.9 Å². The minimum Gasteiger partial charge on any atom is -0.455 e. The zero-order chi connectivity index (χ0) is 20.5. The molecule has 0 aromatic rings. The molecule has 1 aliphatic heterocycles. The summed E-state index contributed by atoms with van der Waals surface area (Å²) in [4.78, 5) is 37.3. The van der Waals surface area contributed by atoms with Gasteiger partial charge in [0.2, 0.25) is 0 Å². The molecule has 7 atom stereocenters. The second-order valence-electron chi connectivity index (χ2n) is 7.45. The highest BCUT2D eigenvalue weighted by Gasteiger charge is 2.62. The highest BCUT2D eigenvalue weighted by atomic mass is 16.6. The second kappa shape index (κ2) is 7.94. The summed E-state index contributed by atoms with van der Waals surface area (Å²) >= 11 is 0. The van der Waals surface area contributed by atoms with Gasteiger partial charge in [-0.25, -0.2) is 4.79 Å². The second-order valence-corrected chi connectivity index (χ2v) is 7.45. The van der Waals surface area contributed by atoms with Crippen LogP contribution in [0.5, 0.6) is 0 Å². The maximum atomic E-state index is 12.8. The molecule has 1 saturated heterocycles. The van der Waals surface area contributed by atoms with Crippen LogP contribution in [0.15, 0.2) is 24.3 Å². The molecule has 0 bridgehead atoms. The van der Waals surface area contributed by atoms with E-state index in [4.69, 9.17) is 9.47 Å². The first kappa shape index (κ1) is 21.3. The minimum absolute atomic E-state index is 0.0687. The van der Waals surface area contributed by atoms with E-state index in [0.29, 0.717) is 6.42 Å². The molecule has 0 unspecified atom stereocenters. The summed E-state index contributed by atoms with van der Waals surface area (Å²) in [7, 11) is 0. The van der Waals surface area contributed by atoms with Crippen molar-refractivity contribution >= 4 is 17.7 Å². The fourth-order valence-electron chi connectivity index (χ4n) is 3.66. The smallest absolute Gasteiger partial charge is 0.334 e. The molecule has 1 heterocycles. The number of aliphatic hydroxyl groups is 2. The molecule has 0 amide bonds. The van der Waals surface area contributed by atoms with Gasteiger partial charge in [0.05, 0.1) is 12.0 Å². The van der Waals surface area contributed by atoms with Crippen molar-refractivity contribution in [2.24, 2.45) is 17.8 Å². The molecule has 2 rings (SSSR count). The maximum absolute atomic E-state index is 12.8. The lowest BCUT2D eigenvalue weighted by Crippen LogP contribution is -2.61. The van der Waals surface area contributed by atoms with E-state index in [1.54, 1.807) is 13.8 Å². The van der Waals surface area contributed by atoms with Gasteiger partial charge in [-0.2, -0.15) is 0 Å². The summed E-state index contributed by atoms with van der Waals surface area (Å²) < 4.78 is 10.9. The third kappa shape index (κ3) is 3.58. The molecule has 0 aromatic carbocycles. The van der Waals surface area contributed by atoms with Crippen molar-refractivity contribution in [2.75, 3.05) is 0 Å². The van der Waals surface area contributed by atoms with Crippen LogP contribution in [0, 0.1) is 17.8 Å². The number of ether oxygens (including phenoxy) is 2. The quantitative estimate of drug-likeness (QED) is 0.547. The number of carbonyl (C=O) groups is 3. The third-order valence-corrected chi connectivity index (χ3v) is 5.82. The van der Waals surface area contributed by atoms with E-state index in [1.165, 1.54) is 19.1 Å². The predicted molar refractivity (Wildman–Crippen MR) is 96.4 cm³/mol. The van der Waals surface area contributed by atoms with Crippen LogP contribution in [0.2, 0.25) is 0 Å². The fourth-order valence-corrected chi connectivity index (χ4v) is 3.66. The molecule has 1 saturated carbocycles. The molecule has 2 aliphatic rings. The zero-order valence-corrected chi connectivity index (χ0v) is 16.2. The van der Waals surface area contributed by atoms with Gasteiger partial charge in [-0.3, -0.25) is 9.59 Å². The molecule has 2 N–H and O–H groups in total. The normalized spacial score (nSPS) is 37.5. The van der Waals surface area contributed by atoms with Crippen molar-refractivity contribution in [3.8, 4) is 0 Å². The molecule has 0 radical (unpaired) electrons. The van der Waals surface area contributed by atoms with Gasteiger partial charge in [0.1, 0.15) is 6.10 Å². The van der Waals surface area contributed by atoms with Gasteiger partial charge in [-0.1, -0.05) is 33.4 Å². The van der Waals surface area contributed by atoms with Gasteiger partial charge >= 0.3 is 11.9 Å². The maximum Gasteiger partial charge on any atom is 0.334 e. The summed E-state index contributed by atoms with van der Waals surface area (Å²) in [6, 6.07) is 0. The first-order valence-electron chi connectivity index (χ1n) is 9.27. The Bertz CT molecular complexity index is 667. The van der Waals surface area contributed by atoms with Crippen LogP contribution in [0.4, 0.5) is 0 Å². The number of rotatable bonds is 5. The van der Waals surface area contributed by atoms with Crippen molar-refractivity contribution in [1.29, 1.82) is 0 Å². The van der Waals surface area contributed by atoms with Gasteiger partial charge in [-0.15, -0.1) is 0 Å². The van der Waals surface area contributed by atoms with Crippen LogP contribution in [0.3, 0.4) is 0 Å². The number of allylic oxidation sites excluding steroid dienone is 1. The Morgan fingerprint density at radius 1 is 1.48 bits per heavy atom. The van der Waals surface area contributed by atoms with Crippen molar-refractivity contribution in [1.82, 2.24) is 0 Å². The Morgan fingerprint density at radius 2 is 2.11 bits per heavy atom. The van der Waals surface area contributed by atoms with Crippen molar-refractivity contribution in [3.05, 3.63) is 24.3 Å². The Labute approximate surface area is 159 Å². The Kier molecular flexibility index (Phi) is 6.27. The lowest BCUT2D eigenvalue weighted by molar-refractivity contribution is -0.200. The first-order chi connectivity index (χ1) is 12.6. The van der Waals surface area contributed by atoms with Crippen LogP contribution in [0.1, 0.15) is 40.5 Å². The number of fused-ring (bicyclic) bond motifs is 1. The number of hydrogen-bond donors (Lipinski definition) is 2. The minimum atomic E-state index is -2.24. The number of ketones is 1. The van der Waals surface area contributed by atoms with Crippen LogP contribution in [-0.4, -0.2) is 51.8 Å². The number of aliphatic hydroxyl groups excluding tert-OH is 1. The number of esters is 2. The lowest BCUT2D eigenvalue weighted by Gasteiger charge is -2.39. The number of hydrogen-bond acceptors (Lipinski definition) is 7. The van der Waals surface area contributed by atoms with Crippen molar-refractivity contribution < 1.29 is 34.1 Å². The fraction of sp³-hybridized carbons (Fsp3) is 0.650. The molecule has 27 heavy (non-hydrogen) atoms. The monoisotopic (exact) mass is 380 g/mol. The van der Waals surface area contributed by atoms with E-state index in [1.807, 2.05) is 6.92 Å². The SMILES string of the molecule is C=C1C(=O)O[C@@H]2[C@H]1C[C@@H](O)[C@H](C)[C@@](O)(C(=O)/C=C/C)[C@H]2OC(=O)[C@@H](C)CC. The molecule has 150 valence electrons. The lowest BCUT2D eigenvalue weighted by atomic mass is 9.77. The predicted octanol–water partition coefficient (Wildman–Crippen LogP) is 1.32. The largest absolute Gasteiger partial charge is 0.455 e. The van der Waals surface area contributed by atoms with Crippen LogP contribution in [0.25, 0.3) is 0 Å². The summed E-state index contributed by atoms with van der Waals surface area (Å²) in [5.74, 6) is -4.08. The van der Waals surface area contributed by atoms with Crippen LogP contribution >= 0.6 is 0 Å². The van der Waals surface area contributed by atoms with Crippen LogP contribution < -0.4 is 0 Å². The molecular weight excluding hydrogens is 352 g/mol. The molecule has 7 nitrogen and oxygen atoms in total. The van der Waals surface area contributed by atoms with Gasteiger partial charge < -0.3 is 19.7 Å². The van der Waals surface area contributed by atoms with Gasteiger partial charge in [-0.05, 0) is 25.8 Å². The first-order valence-corrected chi connectivity index (χ1v) is 9.27. The molecule has 0 aromatic heterocycles. The molecule has 1 aliphatic carbocycles. The molecule has 0 spiro atoms. The molecular formula is C20H28O7. The van der Waals surface area contributed by atoms with Crippen molar-refractivity contribution in [3.63, 3.8) is 0 Å². The highest BCUT2D eigenvalue weighted by Crippen LogP contribution is 2.45. The summed E-state index contributed by atoms with van der Waals surface area (Å²) in [6.07, 6.45) is -0.450. The van der Waals surface area contributed by atoms with E-state index in [-0.39, 0.29) is 12.0 Å². The summed E-state index contributed by atoms with van der Waals surface area (Å²) in [6.45, 7) is 10.3. The molecule has 2 fully saturated rings. The van der Waals surface area contributed by atoms with Gasteiger partial charge in [0.25, 0.3) is 0 Å². The topological polar surface area (TPSA) is 110 Å². The van der Waals surface area contributed by atoms with E-state index in [0.717, 1.165) is 0 Å². The van der Waals surface area contributed by atoms with Gasteiger partial charge in [0, 0.05) is 17.4 Å². The average molecular weight is 380 g/mol. The van der Waals surface area contributed by atoms with E-state index in [9.17, 15) is 24.6 Å². The van der Waals surface area contributed by atoms with E-state index in [2.05, 4.69) is 6.58 Å². The third-order valence-electron chi connectivity index (χ3n) is 5.82. The van der Waals surface area contributed by atoms with E-state index < -0.39 is 59.4 Å². The standard InChI is InChI=1S/C20H28O7/c1-6-8-15(22)20(25)12(5)14(21)9-13-11(4)19(24)26-16(13)17(20)27-18(23)10(3)7-2/h6,8,10,12-14,16-17,21,25H,4,7,9H2,1-3,5H3/b8-6+/t10-,12-,13-,14+,16+,17-,20+/m0/s1. The molecule has 7 heteroatoms. The summed E-state index contributed by atoms with van der Waals surface area (Å²) in [5.41, 5.74) is -2.10. The summed E-state index contributed by atoms with van der Waals surface area (Å²) in [5, 5.41) is 22.0. The van der Waals surface area contributed by atoms with E-state index >= 15 is 0 Å². The van der Waals surface area contributed by atoms with Crippen molar-refractivity contribution in [2.45, 2.75) is 64.4 Å². The van der Waals surface area contributed by atoms with Gasteiger partial charge in [0.15, 0.2) is 17.5 Å². The number of carbonyl (C=O) groups excluding carboxylic acids is 3.